The summed E-state index contributed by atoms with van der Waals surface area (Å²) in [5.41, 5.74) is 5.75. The number of nitrogens with one attached hydrogen (secondary N) is 1. The molecule has 0 heterocycles. The van der Waals surface area contributed by atoms with Crippen molar-refractivity contribution in [3.63, 3.8) is 0 Å². The number of nitrogen functional groups attached to an aromatic ring is 1. The maximum absolute atomic E-state index is 10.7. The summed E-state index contributed by atoms with van der Waals surface area (Å²) in [6.45, 7) is 1.33. The Kier molecular flexibility index (Phi) is 2.71. The van der Waals surface area contributed by atoms with Gasteiger partial charge in [-0.05, 0) is 18.2 Å². The fraction of sp³-hybridized carbons (Fsp3) is 0.111. The zero-order valence-corrected chi connectivity index (χ0v) is 7.53. The summed E-state index contributed by atoms with van der Waals surface area (Å²) < 4.78 is 0. The van der Waals surface area contributed by atoms with Crippen LogP contribution < -0.4 is 16.2 Å². The highest BCUT2D eigenvalue weighted by Crippen LogP contribution is 2.16. The molecule has 0 fully saturated rings. The molecule has 5 nitrogen and oxygen atoms in total. The van der Waals surface area contributed by atoms with E-state index in [-0.39, 0.29) is 17.2 Å². The van der Waals surface area contributed by atoms with E-state index in [1.54, 1.807) is 0 Å². The first-order valence-electron chi connectivity index (χ1n) is 3.89. The van der Waals surface area contributed by atoms with E-state index in [1.807, 2.05) is 0 Å². The third-order valence-corrected chi connectivity index (χ3v) is 1.59. The van der Waals surface area contributed by atoms with Crippen molar-refractivity contribution in [2.24, 2.45) is 0 Å². The van der Waals surface area contributed by atoms with Crippen molar-refractivity contribution in [2.75, 3.05) is 11.1 Å². The van der Waals surface area contributed by atoms with Crippen molar-refractivity contribution in [1.82, 2.24) is 0 Å². The zero-order chi connectivity index (χ0) is 10.7. The summed E-state index contributed by atoms with van der Waals surface area (Å²) in [5.74, 6) is -1.64. The van der Waals surface area contributed by atoms with Gasteiger partial charge in [-0.2, -0.15) is 0 Å². The first kappa shape index (κ1) is 10.0. The molecule has 0 aliphatic rings. The van der Waals surface area contributed by atoms with Crippen molar-refractivity contribution in [1.29, 1.82) is 0 Å². The van der Waals surface area contributed by atoms with Gasteiger partial charge in [0.15, 0.2) is 0 Å². The van der Waals surface area contributed by atoms with Gasteiger partial charge in [0.1, 0.15) is 0 Å². The normalized spacial score (nSPS) is 9.50. The molecule has 14 heavy (non-hydrogen) atoms. The van der Waals surface area contributed by atoms with E-state index in [1.165, 1.54) is 25.1 Å². The third-order valence-electron chi connectivity index (χ3n) is 1.59. The minimum Gasteiger partial charge on any atom is -0.545 e. The van der Waals surface area contributed by atoms with Crippen LogP contribution in [0.25, 0.3) is 0 Å². The first-order valence-corrected chi connectivity index (χ1v) is 3.89. The van der Waals surface area contributed by atoms with Gasteiger partial charge in [-0.15, -0.1) is 0 Å². The number of hydrogen-bond acceptors (Lipinski definition) is 4. The molecule has 74 valence electrons. The maximum atomic E-state index is 10.7. The average Bonchev–Trinajstić information content (AvgIpc) is 2.07. The summed E-state index contributed by atoms with van der Waals surface area (Å²) in [4.78, 5) is 21.2. The Morgan fingerprint density at radius 2 is 2.07 bits per heavy atom. The lowest BCUT2D eigenvalue weighted by molar-refractivity contribution is -0.254. The number of carboxylic acids is 1. The standard InChI is InChI=1S/C9H10N2O3/c1-5(12)11-6-2-3-8(10)7(4-6)9(13)14/h2-4H,10H2,1H3,(H,11,12)(H,13,14)/p-1. The van der Waals surface area contributed by atoms with Crippen LogP contribution >= 0.6 is 0 Å². The molecule has 0 radical (unpaired) electrons. The Hall–Kier alpha value is -2.04. The molecule has 3 N–H and O–H groups in total. The number of benzene rings is 1. The molecule has 0 aliphatic heterocycles. The van der Waals surface area contributed by atoms with Crippen LogP contribution in [-0.4, -0.2) is 11.9 Å². The Morgan fingerprint density at radius 3 is 2.57 bits per heavy atom. The summed E-state index contributed by atoms with van der Waals surface area (Å²) in [5, 5.41) is 13.0. The molecular weight excluding hydrogens is 184 g/mol. The van der Waals surface area contributed by atoms with Gasteiger partial charge >= 0.3 is 0 Å². The average molecular weight is 193 g/mol. The van der Waals surface area contributed by atoms with Crippen LogP contribution in [-0.2, 0) is 4.79 Å². The molecule has 0 aliphatic carbocycles. The minimum atomic E-state index is -1.37. The molecule has 1 amide bonds. The zero-order valence-electron chi connectivity index (χ0n) is 7.53. The van der Waals surface area contributed by atoms with Crippen LogP contribution in [0.1, 0.15) is 17.3 Å². The minimum absolute atomic E-state index is 0.110. The van der Waals surface area contributed by atoms with Crippen molar-refractivity contribution >= 4 is 23.3 Å². The Balaban J connectivity index is 3.06. The number of aromatic carboxylic acids is 1. The van der Waals surface area contributed by atoms with Crippen LogP contribution in [0.4, 0.5) is 11.4 Å². The molecule has 1 aromatic rings. The van der Waals surface area contributed by atoms with Crippen molar-refractivity contribution in [2.45, 2.75) is 6.92 Å². The van der Waals surface area contributed by atoms with Crippen LogP contribution in [0, 0.1) is 0 Å². The van der Waals surface area contributed by atoms with E-state index in [0.717, 1.165) is 0 Å². The Labute approximate surface area is 80.5 Å². The Bertz CT molecular complexity index is 388. The summed E-state index contributed by atoms with van der Waals surface area (Å²) in [7, 11) is 0. The predicted octanol–water partition coefficient (Wildman–Crippen LogP) is -0.409. The summed E-state index contributed by atoms with van der Waals surface area (Å²) in [6, 6.07) is 4.17. The highest BCUT2D eigenvalue weighted by molar-refractivity contribution is 5.95. The highest BCUT2D eigenvalue weighted by Gasteiger charge is 2.02. The second kappa shape index (κ2) is 3.78. The molecule has 1 rings (SSSR count). The van der Waals surface area contributed by atoms with E-state index in [9.17, 15) is 14.7 Å². The number of anilines is 2. The number of rotatable bonds is 2. The quantitative estimate of drug-likeness (QED) is 0.624. The lowest BCUT2D eigenvalue weighted by Gasteiger charge is -2.09. The largest absolute Gasteiger partial charge is 0.545 e. The molecule has 5 heteroatoms. The van der Waals surface area contributed by atoms with Gasteiger partial charge in [-0.3, -0.25) is 4.79 Å². The summed E-state index contributed by atoms with van der Waals surface area (Å²) >= 11 is 0. The predicted molar refractivity (Wildman–Crippen MR) is 49.5 cm³/mol. The first-order chi connectivity index (χ1) is 6.50. The monoisotopic (exact) mass is 193 g/mol. The van der Waals surface area contributed by atoms with Crippen LogP contribution in [0.2, 0.25) is 0 Å². The number of hydrogen-bond donors (Lipinski definition) is 2. The molecule has 0 bridgehead atoms. The SMILES string of the molecule is CC(=O)Nc1ccc(N)c(C(=O)[O-])c1. The molecule has 0 aromatic heterocycles. The van der Waals surface area contributed by atoms with Gasteiger partial charge in [-0.25, -0.2) is 0 Å². The second-order valence-electron chi connectivity index (χ2n) is 2.77. The van der Waals surface area contributed by atoms with Crippen molar-refractivity contribution < 1.29 is 14.7 Å². The molecule has 1 aromatic carbocycles. The van der Waals surface area contributed by atoms with E-state index in [2.05, 4.69) is 5.32 Å². The van der Waals surface area contributed by atoms with E-state index in [0.29, 0.717) is 5.69 Å². The van der Waals surface area contributed by atoms with Gasteiger partial charge < -0.3 is 21.0 Å². The number of carboxylic acid groups (broad SMARTS) is 1. The van der Waals surface area contributed by atoms with Gasteiger partial charge in [0, 0.05) is 23.9 Å². The van der Waals surface area contributed by atoms with E-state index in [4.69, 9.17) is 5.73 Å². The topological polar surface area (TPSA) is 95.2 Å². The second-order valence-corrected chi connectivity index (χ2v) is 2.77. The smallest absolute Gasteiger partial charge is 0.221 e. The van der Waals surface area contributed by atoms with Crippen molar-refractivity contribution in [3.8, 4) is 0 Å². The molecule has 0 atom stereocenters. The fourth-order valence-electron chi connectivity index (χ4n) is 1.01. The lowest BCUT2D eigenvalue weighted by atomic mass is 10.1. The van der Waals surface area contributed by atoms with E-state index >= 15 is 0 Å². The number of nitrogens with two attached hydrogens (primary N) is 1. The van der Waals surface area contributed by atoms with E-state index < -0.39 is 5.97 Å². The van der Waals surface area contributed by atoms with Gasteiger partial charge in [-0.1, -0.05) is 0 Å². The van der Waals surface area contributed by atoms with Gasteiger partial charge in [0.05, 0.1) is 5.97 Å². The molecule has 0 spiro atoms. The van der Waals surface area contributed by atoms with Crippen LogP contribution in [0.15, 0.2) is 18.2 Å². The Morgan fingerprint density at radius 1 is 1.43 bits per heavy atom. The summed E-state index contributed by atoms with van der Waals surface area (Å²) in [6.07, 6.45) is 0. The fourth-order valence-corrected chi connectivity index (χ4v) is 1.01. The molecule has 0 unspecified atom stereocenters. The van der Waals surface area contributed by atoms with Gasteiger partial charge in [0.25, 0.3) is 0 Å². The molecule has 0 saturated carbocycles. The van der Waals surface area contributed by atoms with Gasteiger partial charge in [0.2, 0.25) is 5.91 Å². The number of carbonyl (C=O) groups excluding carboxylic acids is 2. The maximum Gasteiger partial charge on any atom is 0.221 e. The third kappa shape index (κ3) is 2.22. The highest BCUT2D eigenvalue weighted by atomic mass is 16.4. The lowest BCUT2D eigenvalue weighted by Crippen LogP contribution is -2.23. The van der Waals surface area contributed by atoms with Crippen LogP contribution in [0.3, 0.4) is 0 Å². The number of carbonyl (C=O) groups is 2. The molecule has 0 saturated heterocycles. The van der Waals surface area contributed by atoms with Crippen LogP contribution in [0.5, 0.6) is 0 Å². The molecular formula is C9H9N2O3-. The number of amides is 1. The van der Waals surface area contributed by atoms with Crippen molar-refractivity contribution in [3.05, 3.63) is 23.8 Å².